The minimum absolute atomic E-state index is 0.244. The second kappa shape index (κ2) is 10.6. The second-order valence-electron chi connectivity index (χ2n) is 9.21. The fraction of sp³-hybridized carbons (Fsp3) is 0.739. The van der Waals surface area contributed by atoms with E-state index < -0.39 is 0 Å². The van der Waals surface area contributed by atoms with E-state index in [9.17, 15) is 4.79 Å². The molecule has 182 valence electrons. The van der Waals surface area contributed by atoms with E-state index in [-0.39, 0.29) is 5.91 Å². The number of hydrogen-bond donors (Lipinski definition) is 2. The lowest BCUT2D eigenvalue weighted by atomic mass is 9.95. The molecule has 1 amide bonds. The molecule has 10 nitrogen and oxygen atoms in total. The van der Waals surface area contributed by atoms with Gasteiger partial charge in [0.25, 0.3) is 5.91 Å². The van der Waals surface area contributed by atoms with Gasteiger partial charge in [-0.1, -0.05) is 19.3 Å². The van der Waals surface area contributed by atoms with Gasteiger partial charge in [0.1, 0.15) is 11.0 Å². The summed E-state index contributed by atoms with van der Waals surface area (Å²) in [6, 6.07) is 0.706. The second-order valence-corrected chi connectivity index (χ2v) is 9.21. The molecule has 2 aromatic rings. The number of nitrogens with one attached hydrogen (secondary N) is 2. The maximum atomic E-state index is 12.7. The highest BCUT2D eigenvalue weighted by atomic mass is 16.5. The molecular formula is C23H38N8O2. The van der Waals surface area contributed by atoms with E-state index in [1.165, 1.54) is 19.3 Å². The van der Waals surface area contributed by atoms with Crippen molar-refractivity contribution in [2.75, 3.05) is 57.7 Å². The highest BCUT2D eigenvalue weighted by molar-refractivity contribution is 6.05. The Labute approximate surface area is 196 Å². The average molecular weight is 459 g/mol. The van der Waals surface area contributed by atoms with E-state index in [0.717, 1.165) is 43.7 Å². The van der Waals surface area contributed by atoms with Crippen molar-refractivity contribution in [3.8, 4) is 0 Å². The third-order valence-electron chi connectivity index (χ3n) is 6.84. The zero-order valence-corrected chi connectivity index (χ0v) is 20.4. The molecule has 2 aromatic heterocycles. The largest absolute Gasteiger partial charge is 0.380 e. The molecule has 33 heavy (non-hydrogen) atoms. The summed E-state index contributed by atoms with van der Waals surface area (Å²) >= 11 is 0. The molecule has 1 atom stereocenters. The Morgan fingerprint density at radius 1 is 1.21 bits per heavy atom. The molecule has 0 bridgehead atoms. The summed E-state index contributed by atoms with van der Waals surface area (Å²) in [4.78, 5) is 27.1. The number of carbonyl (C=O) groups excluding carboxylic acids is 1. The average Bonchev–Trinajstić information content (AvgIpc) is 3.43. The van der Waals surface area contributed by atoms with Gasteiger partial charge in [0.15, 0.2) is 11.5 Å². The van der Waals surface area contributed by atoms with Crippen molar-refractivity contribution in [2.45, 2.75) is 64.1 Å². The van der Waals surface area contributed by atoms with Crippen LogP contribution in [0.1, 0.15) is 55.9 Å². The number of likely N-dealkylation sites (tertiary alicyclic amines) is 1. The maximum absolute atomic E-state index is 12.7. The Hall–Kier alpha value is -2.46. The van der Waals surface area contributed by atoms with Crippen molar-refractivity contribution in [3.05, 3.63) is 5.69 Å². The zero-order chi connectivity index (χ0) is 23.4. The molecule has 1 saturated heterocycles. The van der Waals surface area contributed by atoms with Gasteiger partial charge in [0, 0.05) is 39.3 Å². The first-order valence-corrected chi connectivity index (χ1v) is 12.3. The van der Waals surface area contributed by atoms with Crippen molar-refractivity contribution in [1.29, 1.82) is 0 Å². The SMILES string of the molecule is CCOCCn1nc(C(=O)NC)c2nc(N(C)C3CCN(C)C3)nc(NC3CCCCC3)c21. The summed E-state index contributed by atoms with van der Waals surface area (Å²) in [6.45, 7) is 5.68. The van der Waals surface area contributed by atoms with E-state index >= 15 is 0 Å². The highest BCUT2D eigenvalue weighted by Crippen LogP contribution is 2.30. The predicted octanol–water partition coefficient (Wildman–Crippen LogP) is 2.11. The molecule has 1 saturated carbocycles. The molecule has 2 N–H and O–H groups in total. The summed E-state index contributed by atoms with van der Waals surface area (Å²) in [6.07, 6.45) is 7.04. The Bertz CT molecular complexity index is 956. The third-order valence-corrected chi connectivity index (χ3v) is 6.84. The summed E-state index contributed by atoms with van der Waals surface area (Å²) in [5.74, 6) is 1.15. The molecule has 0 aromatic carbocycles. The fourth-order valence-electron chi connectivity index (χ4n) is 4.89. The van der Waals surface area contributed by atoms with Crippen LogP contribution in [0.4, 0.5) is 11.8 Å². The van der Waals surface area contributed by atoms with Gasteiger partial charge in [0.05, 0.1) is 13.2 Å². The number of carbonyl (C=O) groups is 1. The van der Waals surface area contributed by atoms with Crippen molar-refractivity contribution in [2.24, 2.45) is 0 Å². The van der Waals surface area contributed by atoms with Crippen LogP contribution in [0, 0.1) is 0 Å². The van der Waals surface area contributed by atoms with Crippen molar-refractivity contribution >= 4 is 28.7 Å². The smallest absolute Gasteiger partial charge is 0.273 e. The first-order valence-electron chi connectivity index (χ1n) is 12.3. The van der Waals surface area contributed by atoms with Gasteiger partial charge in [-0.25, -0.2) is 4.98 Å². The number of anilines is 2. The van der Waals surface area contributed by atoms with Crippen LogP contribution in [-0.2, 0) is 11.3 Å². The van der Waals surface area contributed by atoms with Crippen LogP contribution < -0.4 is 15.5 Å². The van der Waals surface area contributed by atoms with Crippen LogP contribution in [-0.4, -0.2) is 90.1 Å². The van der Waals surface area contributed by atoms with Crippen molar-refractivity contribution < 1.29 is 9.53 Å². The molecule has 4 rings (SSSR count). The molecule has 1 aliphatic carbocycles. The number of nitrogens with zero attached hydrogens (tertiary/aromatic N) is 6. The zero-order valence-electron chi connectivity index (χ0n) is 20.4. The number of hydrogen-bond acceptors (Lipinski definition) is 8. The minimum Gasteiger partial charge on any atom is -0.380 e. The van der Waals surface area contributed by atoms with Crippen LogP contribution in [0.15, 0.2) is 0 Å². The summed E-state index contributed by atoms with van der Waals surface area (Å²) < 4.78 is 7.40. The van der Waals surface area contributed by atoms with Gasteiger partial charge in [-0.05, 0) is 39.8 Å². The monoisotopic (exact) mass is 458 g/mol. The normalized spacial score (nSPS) is 19.8. The Balaban J connectivity index is 1.79. The molecule has 1 unspecified atom stereocenters. The maximum Gasteiger partial charge on any atom is 0.273 e. The van der Waals surface area contributed by atoms with E-state index in [2.05, 4.69) is 39.6 Å². The van der Waals surface area contributed by atoms with E-state index in [1.54, 1.807) is 7.05 Å². The molecule has 2 aliphatic rings. The van der Waals surface area contributed by atoms with Gasteiger partial charge < -0.3 is 25.2 Å². The Morgan fingerprint density at radius 3 is 2.67 bits per heavy atom. The lowest BCUT2D eigenvalue weighted by molar-refractivity contribution is 0.0957. The van der Waals surface area contributed by atoms with Gasteiger partial charge >= 0.3 is 0 Å². The van der Waals surface area contributed by atoms with Crippen LogP contribution in [0.25, 0.3) is 11.0 Å². The number of likely N-dealkylation sites (N-methyl/N-ethyl adjacent to an activating group) is 2. The number of aromatic nitrogens is 4. The minimum atomic E-state index is -0.244. The van der Waals surface area contributed by atoms with Crippen molar-refractivity contribution in [3.63, 3.8) is 0 Å². The first kappa shape index (κ1) is 23.7. The van der Waals surface area contributed by atoms with Gasteiger partial charge in [-0.3, -0.25) is 9.48 Å². The Kier molecular flexibility index (Phi) is 7.64. The Morgan fingerprint density at radius 2 is 2.00 bits per heavy atom. The molecule has 3 heterocycles. The molecule has 0 radical (unpaired) electrons. The molecule has 10 heteroatoms. The quantitative estimate of drug-likeness (QED) is 0.551. The molecular weight excluding hydrogens is 420 g/mol. The van der Waals surface area contributed by atoms with Gasteiger partial charge in [-0.15, -0.1) is 0 Å². The van der Waals surface area contributed by atoms with Crippen molar-refractivity contribution in [1.82, 2.24) is 30.0 Å². The molecule has 1 aliphatic heterocycles. The predicted molar refractivity (Wildman–Crippen MR) is 130 cm³/mol. The first-order chi connectivity index (χ1) is 16.0. The van der Waals surface area contributed by atoms with Gasteiger partial charge in [-0.2, -0.15) is 10.1 Å². The number of fused-ring (bicyclic) bond motifs is 1. The topological polar surface area (TPSA) is 100 Å². The lowest BCUT2D eigenvalue weighted by Gasteiger charge is -2.27. The fourth-order valence-corrected chi connectivity index (χ4v) is 4.89. The van der Waals surface area contributed by atoms with Gasteiger partial charge in [0.2, 0.25) is 5.95 Å². The van der Waals surface area contributed by atoms with Crippen LogP contribution >= 0.6 is 0 Å². The van der Waals surface area contributed by atoms with E-state index in [0.29, 0.717) is 49.0 Å². The van der Waals surface area contributed by atoms with E-state index in [4.69, 9.17) is 14.7 Å². The van der Waals surface area contributed by atoms with Crippen LogP contribution in [0.5, 0.6) is 0 Å². The van der Waals surface area contributed by atoms with Crippen LogP contribution in [0.3, 0.4) is 0 Å². The van der Waals surface area contributed by atoms with Crippen LogP contribution in [0.2, 0.25) is 0 Å². The number of ether oxygens (including phenoxy) is 1. The third kappa shape index (κ3) is 5.22. The summed E-state index contributed by atoms with van der Waals surface area (Å²) in [7, 11) is 5.81. The standard InChI is InChI=1S/C23H38N8O2/c1-5-33-14-13-31-20-18(19(28-31)22(32)24-2)26-23(30(4)17-11-12-29(3)15-17)27-21(20)25-16-9-7-6-8-10-16/h16-17H,5-15H2,1-4H3,(H,24,32)(H,25,26,27). The molecule has 2 fully saturated rings. The summed E-state index contributed by atoms with van der Waals surface area (Å²) in [5.41, 5.74) is 1.70. The van der Waals surface area contributed by atoms with E-state index in [1.807, 2.05) is 11.6 Å². The highest BCUT2D eigenvalue weighted by Gasteiger charge is 2.29. The summed E-state index contributed by atoms with van der Waals surface area (Å²) in [5, 5.41) is 11.1. The molecule has 0 spiro atoms. The number of rotatable bonds is 9. The lowest BCUT2D eigenvalue weighted by Crippen LogP contribution is -2.35. The number of amides is 1.